The molecule has 3 aliphatic heterocycles. The first-order chi connectivity index (χ1) is 27.4. The number of hydrogen-bond acceptors (Lipinski definition) is 14. The lowest BCUT2D eigenvalue weighted by molar-refractivity contribution is -0.149. The number of nitrogens with zero attached hydrogens (tertiary/aromatic N) is 2. The zero-order chi connectivity index (χ0) is 41.1. The first kappa shape index (κ1) is 42.4. The number of esters is 2. The number of methoxy groups -OCH3 is 2. The van der Waals surface area contributed by atoms with Gasteiger partial charge in [-0.15, -0.1) is 0 Å². The molecule has 0 fully saturated rings. The summed E-state index contributed by atoms with van der Waals surface area (Å²) >= 11 is 1.71. The van der Waals surface area contributed by atoms with Gasteiger partial charge in [-0.1, -0.05) is 12.1 Å². The molecular formula is C43H58N4O9S. The van der Waals surface area contributed by atoms with Crippen LogP contribution in [-0.4, -0.2) is 107 Å². The van der Waals surface area contributed by atoms with Crippen LogP contribution in [0, 0.1) is 20.8 Å². The van der Waals surface area contributed by atoms with Gasteiger partial charge in [0.05, 0.1) is 26.3 Å². The van der Waals surface area contributed by atoms with Crippen LogP contribution in [0.15, 0.2) is 18.2 Å². The molecule has 0 aromatic heterocycles. The van der Waals surface area contributed by atoms with Gasteiger partial charge in [0, 0.05) is 59.6 Å². The molecule has 4 atom stereocenters. The van der Waals surface area contributed by atoms with Gasteiger partial charge in [-0.05, 0) is 102 Å². The van der Waals surface area contributed by atoms with E-state index in [2.05, 4.69) is 38.8 Å². The molecule has 0 spiro atoms. The molecule has 0 aliphatic carbocycles. The normalized spacial score (nSPS) is 19.6. The number of aryl methyl sites for hydroxylation is 2. The number of carbonyl (C=O) groups is 2. The van der Waals surface area contributed by atoms with Crippen molar-refractivity contribution in [1.82, 2.24) is 20.4 Å². The van der Waals surface area contributed by atoms with Crippen LogP contribution < -0.4 is 34.3 Å². The summed E-state index contributed by atoms with van der Waals surface area (Å²) in [6.07, 6.45) is 4.29. The minimum atomic E-state index is -0.712. The maximum absolute atomic E-state index is 14.4. The van der Waals surface area contributed by atoms with Gasteiger partial charge in [0.25, 0.3) is 0 Å². The summed E-state index contributed by atoms with van der Waals surface area (Å²) < 4.78 is 36.2. The van der Waals surface area contributed by atoms with E-state index >= 15 is 0 Å². The predicted octanol–water partition coefficient (Wildman–Crippen LogP) is 5.46. The maximum atomic E-state index is 14.4. The van der Waals surface area contributed by atoms with E-state index in [4.69, 9.17) is 28.4 Å². The number of hydrogen-bond donors (Lipinski definition) is 3. The lowest BCUT2D eigenvalue weighted by Gasteiger charge is -2.46. The molecule has 14 heteroatoms. The second-order valence-electron chi connectivity index (χ2n) is 15.2. The molecule has 0 saturated heterocycles. The fourth-order valence-corrected chi connectivity index (χ4v) is 9.80. The summed E-state index contributed by atoms with van der Waals surface area (Å²) in [6, 6.07) is 4.39. The smallest absolute Gasteiger partial charge is 0.327 e. The summed E-state index contributed by atoms with van der Waals surface area (Å²) in [5.74, 6) is 2.53. The molecule has 2 unspecified atom stereocenters. The van der Waals surface area contributed by atoms with E-state index in [0.29, 0.717) is 71.7 Å². The quantitative estimate of drug-likeness (QED) is 0.149. The summed E-state index contributed by atoms with van der Waals surface area (Å²) in [7, 11) is 9.16. The third-order valence-electron chi connectivity index (χ3n) is 11.5. The number of nitrogens with one attached hydrogen (secondary N) is 2. The third-order valence-corrected chi connectivity index (χ3v) is 12.1. The summed E-state index contributed by atoms with van der Waals surface area (Å²) in [5.41, 5.74) is 7.79. The Bertz CT molecular complexity index is 1990. The van der Waals surface area contributed by atoms with Gasteiger partial charge in [-0.2, -0.15) is 11.8 Å². The SMILES string of the molecule is CNCc1cc2c(cc1OC)C(C(=O)OC[C@@H](c1c(C)c(OC(C)=O)c(C)c3c1OCO3)N1CCCc3cc(C)c(OC)c(O)c3[C@@H](N(C)C)C1CSC)NCC2. The third kappa shape index (κ3) is 8.24. The topological polar surface area (TPSA) is 140 Å². The zero-order valence-corrected chi connectivity index (χ0v) is 35.7. The zero-order valence-electron chi connectivity index (χ0n) is 34.9. The molecule has 3 heterocycles. The molecule has 57 heavy (non-hydrogen) atoms. The summed E-state index contributed by atoms with van der Waals surface area (Å²) in [6.45, 7) is 8.93. The van der Waals surface area contributed by atoms with Gasteiger partial charge < -0.3 is 49.1 Å². The minimum Gasteiger partial charge on any atom is -0.504 e. The first-order valence-corrected chi connectivity index (χ1v) is 20.9. The molecule has 0 radical (unpaired) electrons. The molecular weight excluding hydrogens is 749 g/mol. The van der Waals surface area contributed by atoms with Crippen LogP contribution in [0.1, 0.15) is 81.5 Å². The van der Waals surface area contributed by atoms with Gasteiger partial charge in [-0.25, -0.2) is 4.79 Å². The predicted molar refractivity (Wildman–Crippen MR) is 220 cm³/mol. The number of ether oxygens (including phenoxy) is 6. The van der Waals surface area contributed by atoms with E-state index in [1.807, 2.05) is 48.0 Å². The lowest BCUT2D eigenvalue weighted by atomic mass is 9.85. The number of fused-ring (bicyclic) bond motifs is 3. The average Bonchev–Trinajstić information content (AvgIpc) is 3.66. The van der Waals surface area contributed by atoms with Crippen molar-refractivity contribution in [1.29, 1.82) is 0 Å². The van der Waals surface area contributed by atoms with E-state index < -0.39 is 24.0 Å². The standard InChI is InChI=1S/C43H58N4O9S/c1-23-16-28-12-11-15-47(32(21-57-10)37(46(6)7)35(28)38(49)39(23)52-9)31(34-24(2)40(56-26(4)48)25(3)41-42(34)55-22-54-41)20-53-43(50)36-30-18-33(51-8)29(19-44-5)17-27(30)13-14-45-36/h16-18,31-32,36-37,44-45,49H,11-15,19-22H2,1-10H3/t31-,32?,36?,37-/m0/s1. The number of carbonyl (C=O) groups excluding carboxylic acids is 2. The second-order valence-corrected chi connectivity index (χ2v) is 16.2. The highest BCUT2D eigenvalue weighted by molar-refractivity contribution is 7.98. The molecule has 0 amide bonds. The van der Waals surface area contributed by atoms with Crippen molar-refractivity contribution in [3.63, 3.8) is 0 Å². The van der Waals surface area contributed by atoms with Crippen LogP contribution in [0.3, 0.4) is 0 Å². The van der Waals surface area contributed by atoms with E-state index in [1.165, 1.54) is 6.92 Å². The Morgan fingerprint density at radius 2 is 1.81 bits per heavy atom. The Morgan fingerprint density at radius 3 is 2.47 bits per heavy atom. The highest BCUT2D eigenvalue weighted by atomic mass is 32.2. The lowest BCUT2D eigenvalue weighted by Crippen LogP contribution is -2.50. The van der Waals surface area contributed by atoms with Gasteiger partial charge in [0.2, 0.25) is 6.79 Å². The molecule has 0 saturated carbocycles. The number of thioether (sulfide) groups is 1. The van der Waals surface area contributed by atoms with Crippen LogP contribution in [0.25, 0.3) is 0 Å². The molecule has 3 aromatic rings. The van der Waals surface area contributed by atoms with Gasteiger partial charge in [-0.3, -0.25) is 9.69 Å². The first-order valence-electron chi connectivity index (χ1n) is 19.5. The summed E-state index contributed by atoms with van der Waals surface area (Å²) in [5, 5.41) is 18.5. The number of rotatable bonds is 13. The molecule has 6 rings (SSSR count). The number of benzene rings is 3. The Kier molecular flexibility index (Phi) is 13.5. The van der Waals surface area contributed by atoms with E-state index in [1.54, 1.807) is 26.0 Å². The fourth-order valence-electron chi connectivity index (χ4n) is 9.09. The van der Waals surface area contributed by atoms with Crippen LogP contribution >= 0.6 is 11.8 Å². The molecule has 13 nitrogen and oxygen atoms in total. The van der Waals surface area contributed by atoms with Crippen molar-refractivity contribution in [3.8, 4) is 34.5 Å². The molecule has 3 aromatic carbocycles. The number of aromatic hydroxyl groups is 1. The monoisotopic (exact) mass is 806 g/mol. The average molecular weight is 807 g/mol. The Morgan fingerprint density at radius 1 is 1.05 bits per heavy atom. The highest BCUT2D eigenvalue weighted by Crippen LogP contribution is 2.52. The van der Waals surface area contributed by atoms with Crippen LogP contribution in [-0.2, 0) is 33.7 Å². The van der Waals surface area contributed by atoms with Crippen molar-refractivity contribution >= 4 is 23.7 Å². The number of phenols is 1. The van der Waals surface area contributed by atoms with Crippen LogP contribution in [0.2, 0.25) is 0 Å². The highest BCUT2D eigenvalue weighted by Gasteiger charge is 2.43. The van der Waals surface area contributed by atoms with Crippen LogP contribution in [0.5, 0.6) is 34.5 Å². The number of phenolic OH excluding ortho intramolecular Hbond substituents is 1. The fraction of sp³-hybridized carbons (Fsp3) is 0.535. The van der Waals surface area contributed by atoms with Gasteiger partial charge in [0.15, 0.2) is 23.0 Å². The molecule has 0 bridgehead atoms. The maximum Gasteiger partial charge on any atom is 0.327 e. The van der Waals surface area contributed by atoms with Crippen molar-refractivity contribution in [2.24, 2.45) is 0 Å². The van der Waals surface area contributed by atoms with Crippen molar-refractivity contribution in [2.45, 2.75) is 77.7 Å². The van der Waals surface area contributed by atoms with E-state index in [9.17, 15) is 14.7 Å². The summed E-state index contributed by atoms with van der Waals surface area (Å²) in [4.78, 5) is 31.5. The largest absolute Gasteiger partial charge is 0.504 e. The van der Waals surface area contributed by atoms with Crippen molar-refractivity contribution in [2.75, 3.05) is 73.9 Å². The Hall–Kier alpha value is -4.21. The second kappa shape index (κ2) is 18.2. The van der Waals surface area contributed by atoms with Crippen LogP contribution in [0.4, 0.5) is 0 Å². The minimum absolute atomic E-state index is 0.00620. The van der Waals surface area contributed by atoms with Gasteiger partial charge in [0.1, 0.15) is 24.1 Å². The molecule has 310 valence electrons. The Labute approximate surface area is 340 Å². The van der Waals surface area contributed by atoms with E-state index in [-0.39, 0.29) is 31.2 Å². The molecule has 3 aliphatic rings. The van der Waals surface area contributed by atoms with Crippen molar-refractivity contribution < 1.29 is 43.1 Å². The number of likely N-dealkylation sites (N-methyl/N-ethyl adjacent to an activating group) is 1. The Balaban J connectivity index is 1.50. The van der Waals surface area contributed by atoms with Gasteiger partial charge >= 0.3 is 11.9 Å². The molecule has 3 N–H and O–H groups in total. The van der Waals surface area contributed by atoms with Crippen molar-refractivity contribution in [3.05, 3.63) is 68.3 Å². The van der Waals surface area contributed by atoms with E-state index in [0.717, 1.165) is 51.8 Å².